The summed E-state index contributed by atoms with van der Waals surface area (Å²) >= 11 is 0. The Bertz CT molecular complexity index is 526. The van der Waals surface area contributed by atoms with Crippen LogP contribution in [0.5, 0.6) is 0 Å². The molecule has 0 N–H and O–H groups in total. The number of hydrogen-bond acceptors (Lipinski definition) is 0. The van der Waals surface area contributed by atoms with Gasteiger partial charge in [0.1, 0.15) is 17.9 Å². The number of aromatic nitrogens is 2. The summed E-state index contributed by atoms with van der Waals surface area (Å²) in [7, 11) is 2.17. The average molecular weight is 269 g/mol. The summed E-state index contributed by atoms with van der Waals surface area (Å²) in [6, 6.07) is 0. The molecule has 8 rings (SSSR count). The van der Waals surface area contributed by atoms with E-state index in [4.69, 9.17) is 0 Å². The van der Waals surface area contributed by atoms with Gasteiger partial charge in [-0.25, -0.2) is 9.13 Å². The van der Waals surface area contributed by atoms with Crippen LogP contribution in [0.2, 0.25) is 0 Å². The minimum absolute atomic E-state index is 0.509. The third-order valence-corrected chi connectivity index (χ3v) is 8.28. The first-order valence-electron chi connectivity index (χ1n) is 8.77. The van der Waals surface area contributed by atoms with Gasteiger partial charge in [0, 0.05) is 0 Å². The third kappa shape index (κ3) is 1.06. The Kier molecular flexibility index (Phi) is 1.73. The van der Waals surface area contributed by atoms with Crippen LogP contribution in [-0.2, 0) is 12.6 Å². The van der Waals surface area contributed by atoms with Crippen LogP contribution in [0.1, 0.15) is 38.5 Å². The quantitative estimate of drug-likeness (QED) is 0.693. The normalized spacial score (nSPS) is 57.8. The Balaban J connectivity index is 1.49. The van der Waals surface area contributed by atoms with Crippen LogP contribution in [0.15, 0.2) is 18.7 Å². The first kappa shape index (κ1) is 10.9. The van der Waals surface area contributed by atoms with Crippen molar-refractivity contribution in [3.05, 3.63) is 18.7 Å². The lowest BCUT2D eigenvalue weighted by Crippen LogP contribution is -2.67. The van der Waals surface area contributed by atoms with Gasteiger partial charge in [-0.3, -0.25) is 0 Å². The zero-order chi connectivity index (χ0) is 13.1. The zero-order valence-electron chi connectivity index (χ0n) is 12.4. The fourth-order valence-corrected chi connectivity index (χ4v) is 7.92. The van der Waals surface area contributed by atoms with Crippen molar-refractivity contribution in [1.29, 1.82) is 0 Å². The van der Waals surface area contributed by atoms with Gasteiger partial charge >= 0.3 is 0 Å². The molecular weight excluding hydrogens is 244 g/mol. The van der Waals surface area contributed by atoms with Gasteiger partial charge in [-0.1, -0.05) is 0 Å². The van der Waals surface area contributed by atoms with Crippen LogP contribution in [-0.4, -0.2) is 4.57 Å². The molecule has 0 amide bonds. The van der Waals surface area contributed by atoms with E-state index in [-0.39, 0.29) is 0 Å². The van der Waals surface area contributed by atoms with Gasteiger partial charge in [0.05, 0.1) is 7.05 Å². The Morgan fingerprint density at radius 3 is 1.90 bits per heavy atom. The number of nitrogens with zero attached hydrogens (tertiary/aromatic N) is 2. The van der Waals surface area contributed by atoms with Gasteiger partial charge in [0.25, 0.3) is 0 Å². The SMILES string of the molecule is C[n+]1ccn(C23CC4C5CC6CC4C(C2)C(C6)C5C3)c1. The lowest BCUT2D eigenvalue weighted by atomic mass is 9.34. The molecule has 7 aliphatic rings. The van der Waals surface area contributed by atoms with Crippen molar-refractivity contribution < 1.29 is 4.57 Å². The number of aryl methyl sites for hydroxylation is 1. The molecule has 0 radical (unpaired) electrons. The zero-order valence-corrected chi connectivity index (χ0v) is 12.4. The Morgan fingerprint density at radius 2 is 1.45 bits per heavy atom. The Hall–Kier alpha value is -0.790. The first-order valence-corrected chi connectivity index (χ1v) is 8.77. The maximum atomic E-state index is 2.61. The molecule has 0 aromatic carbocycles. The summed E-state index contributed by atoms with van der Waals surface area (Å²) in [5, 5.41) is 0. The van der Waals surface area contributed by atoms with Gasteiger partial charge in [0.15, 0.2) is 0 Å². The van der Waals surface area contributed by atoms with Crippen molar-refractivity contribution in [2.75, 3.05) is 0 Å². The van der Waals surface area contributed by atoms with E-state index in [0.717, 1.165) is 41.4 Å². The van der Waals surface area contributed by atoms with Crippen molar-refractivity contribution in [1.82, 2.24) is 4.57 Å². The summed E-state index contributed by atoms with van der Waals surface area (Å²) in [4.78, 5) is 0. The lowest BCUT2D eigenvalue weighted by Gasteiger charge is -2.71. The largest absolute Gasteiger partial charge is 0.243 e. The van der Waals surface area contributed by atoms with Crippen LogP contribution in [0.3, 0.4) is 0 Å². The molecule has 1 aromatic rings. The van der Waals surface area contributed by atoms with Crippen molar-refractivity contribution in [2.45, 2.75) is 44.1 Å². The fourth-order valence-electron chi connectivity index (χ4n) is 7.92. The second-order valence-electron chi connectivity index (χ2n) is 8.88. The molecule has 0 unspecified atom stereocenters. The van der Waals surface area contributed by atoms with Crippen LogP contribution < -0.4 is 4.57 Å². The van der Waals surface area contributed by atoms with Gasteiger partial charge in [-0.05, 0) is 80.0 Å². The molecule has 1 heterocycles. The summed E-state index contributed by atoms with van der Waals surface area (Å²) in [5.74, 6) is 7.80. The number of hydrogen-bond donors (Lipinski definition) is 0. The third-order valence-electron chi connectivity index (χ3n) is 8.28. The second-order valence-corrected chi connectivity index (χ2v) is 8.88. The van der Waals surface area contributed by atoms with Crippen molar-refractivity contribution in [3.63, 3.8) is 0 Å². The maximum absolute atomic E-state index is 2.61. The molecule has 2 heteroatoms. The number of imidazole rings is 1. The minimum Gasteiger partial charge on any atom is -0.240 e. The molecular formula is C18H25N2+. The predicted molar refractivity (Wildman–Crippen MR) is 75.7 cm³/mol. The van der Waals surface area contributed by atoms with Gasteiger partial charge in [-0.15, -0.1) is 0 Å². The molecule has 7 fully saturated rings. The standard InChI is InChI=1S/C18H25N2/c1-19-2-3-20(10-19)18-7-15-12-4-11-5-13(15)17(9-18)14(6-11)16(12)8-18/h2-3,10-17H,4-9H2,1H3/q+1. The fraction of sp³-hybridized carbons (Fsp3) is 0.833. The molecule has 0 aliphatic heterocycles. The molecule has 1 aromatic heterocycles. The van der Waals surface area contributed by atoms with E-state index in [1.165, 1.54) is 19.3 Å². The molecule has 106 valence electrons. The van der Waals surface area contributed by atoms with Crippen LogP contribution in [0.25, 0.3) is 0 Å². The van der Waals surface area contributed by atoms with Crippen LogP contribution >= 0.6 is 0 Å². The van der Waals surface area contributed by atoms with Crippen LogP contribution in [0, 0.1) is 41.4 Å². The van der Waals surface area contributed by atoms with Gasteiger partial charge < -0.3 is 0 Å². The van der Waals surface area contributed by atoms with E-state index in [1.54, 1.807) is 19.3 Å². The van der Waals surface area contributed by atoms with E-state index in [1.807, 2.05) is 0 Å². The van der Waals surface area contributed by atoms with E-state index in [2.05, 4.69) is 34.9 Å². The highest BCUT2D eigenvalue weighted by Crippen LogP contribution is 2.73. The average Bonchev–Trinajstić information content (AvgIpc) is 2.91. The monoisotopic (exact) mass is 269 g/mol. The second kappa shape index (κ2) is 3.18. The highest BCUT2D eigenvalue weighted by Gasteiger charge is 2.69. The Labute approximate surface area is 121 Å². The predicted octanol–water partition coefficient (Wildman–Crippen LogP) is 2.73. The highest BCUT2D eigenvalue weighted by atomic mass is 15.2. The minimum atomic E-state index is 0.509. The molecule has 0 spiro atoms. The molecule has 7 saturated carbocycles. The van der Waals surface area contributed by atoms with Crippen molar-refractivity contribution in [3.8, 4) is 0 Å². The molecule has 8 bridgehead atoms. The van der Waals surface area contributed by atoms with E-state index < -0.39 is 0 Å². The summed E-state index contributed by atoms with van der Waals surface area (Å²) in [6.07, 6.45) is 16.3. The van der Waals surface area contributed by atoms with Crippen molar-refractivity contribution in [2.24, 2.45) is 48.5 Å². The maximum Gasteiger partial charge on any atom is 0.243 e. The van der Waals surface area contributed by atoms with Gasteiger partial charge in [0.2, 0.25) is 6.33 Å². The molecule has 0 atom stereocenters. The number of rotatable bonds is 1. The van der Waals surface area contributed by atoms with Gasteiger partial charge in [-0.2, -0.15) is 0 Å². The Morgan fingerprint density at radius 1 is 0.900 bits per heavy atom. The molecule has 7 aliphatic carbocycles. The molecule has 20 heavy (non-hydrogen) atoms. The molecule has 2 nitrogen and oxygen atoms in total. The molecule has 0 saturated heterocycles. The summed E-state index contributed by atoms with van der Waals surface area (Å²) in [5.41, 5.74) is 0.509. The van der Waals surface area contributed by atoms with Crippen LogP contribution in [0.4, 0.5) is 0 Å². The lowest BCUT2D eigenvalue weighted by molar-refractivity contribution is -0.671. The summed E-state index contributed by atoms with van der Waals surface area (Å²) < 4.78 is 4.85. The summed E-state index contributed by atoms with van der Waals surface area (Å²) in [6.45, 7) is 0. The smallest absolute Gasteiger partial charge is 0.240 e. The van der Waals surface area contributed by atoms with E-state index in [9.17, 15) is 0 Å². The highest BCUT2D eigenvalue weighted by molar-refractivity contribution is 5.17. The topological polar surface area (TPSA) is 8.81 Å². The van der Waals surface area contributed by atoms with Crippen molar-refractivity contribution >= 4 is 0 Å². The van der Waals surface area contributed by atoms with E-state index >= 15 is 0 Å². The van der Waals surface area contributed by atoms with E-state index in [0.29, 0.717) is 5.54 Å². The first-order chi connectivity index (χ1) is 9.73.